The van der Waals surface area contributed by atoms with Crippen molar-refractivity contribution in [1.82, 2.24) is 0 Å². The van der Waals surface area contributed by atoms with Gasteiger partial charge in [0.15, 0.2) is 0 Å². The molecule has 5 heteroatoms. The van der Waals surface area contributed by atoms with Crippen molar-refractivity contribution in [2.45, 2.75) is 10.6 Å². The molecule has 19 heavy (non-hydrogen) atoms. The Morgan fingerprint density at radius 3 is 3.00 bits per heavy atom. The Hall–Kier alpha value is -1.23. The largest absolute Gasteiger partial charge is 0.478 e. The lowest BCUT2D eigenvalue weighted by Gasteiger charge is -2.02. The summed E-state index contributed by atoms with van der Waals surface area (Å²) in [5.41, 5.74) is 0.960. The minimum absolute atomic E-state index is 0.724. The molecule has 0 unspecified atom stereocenters. The third-order valence-electron chi connectivity index (χ3n) is 2.35. The first-order chi connectivity index (χ1) is 9.15. The predicted octanol–water partition coefficient (Wildman–Crippen LogP) is 4.79. The van der Waals surface area contributed by atoms with Crippen LogP contribution >= 0.6 is 34.7 Å². The molecule has 1 aromatic heterocycles. The maximum atomic E-state index is 10.5. The van der Waals surface area contributed by atoms with Gasteiger partial charge in [-0.3, -0.25) is 0 Å². The number of carboxylic acid groups (broad SMARTS) is 1. The average molecular weight is 311 g/mol. The fourth-order valence-electron chi connectivity index (χ4n) is 1.48. The molecule has 0 bridgehead atoms. The Labute approximate surface area is 124 Å². The first-order valence-corrected chi connectivity index (χ1v) is 7.75. The van der Waals surface area contributed by atoms with Gasteiger partial charge in [0, 0.05) is 26.6 Å². The van der Waals surface area contributed by atoms with Crippen molar-refractivity contribution < 1.29 is 9.90 Å². The highest BCUT2D eigenvalue weighted by Crippen LogP contribution is 2.29. The molecule has 1 aromatic carbocycles. The molecule has 0 spiro atoms. The van der Waals surface area contributed by atoms with Crippen LogP contribution in [0.5, 0.6) is 0 Å². The maximum absolute atomic E-state index is 10.5. The van der Waals surface area contributed by atoms with Crippen molar-refractivity contribution in [3.8, 4) is 0 Å². The summed E-state index contributed by atoms with van der Waals surface area (Å²) in [4.78, 5) is 12.8. The zero-order valence-corrected chi connectivity index (χ0v) is 12.3. The van der Waals surface area contributed by atoms with E-state index in [1.165, 1.54) is 0 Å². The molecule has 2 rings (SSSR count). The maximum Gasteiger partial charge on any atom is 0.328 e. The normalized spacial score (nSPS) is 11.0. The van der Waals surface area contributed by atoms with E-state index < -0.39 is 5.97 Å². The van der Waals surface area contributed by atoms with Crippen LogP contribution in [0.1, 0.15) is 10.4 Å². The van der Waals surface area contributed by atoms with E-state index in [1.807, 2.05) is 35.7 Å². The third kappa shape index (κ3) is 4.42. The first kappa shape index (κ1) is 14.2. The summed E-state index contributed by atoms with van der Waals surface area (Å²) in [6, 6.07) is 9.63. The van der Waals surface area contributed by atoms with Crippen LogP contribution in [0.2, 0.25) is 5.02 Å². The van der Waals surface area contributed by atoms with Gasteiger partial charge in [0.1, 0.15) is 0 Å². The van der Waals surface area contributed by atoms with E-state index in [1.54, 1.807) is 29.2 Å². The summed E-state index contributed by atoms with van der Waals surface area (Å²) in [6.07, 6.45) is 2.79. The third-order valence-corrected chi connectivity index (χ3v) is 4.73. The van der Waals surface area contributed by atoms with E-state index in [-0.39, 0.29) is 0 Å². The number of hydrogen-bond acceptors (Lipinski definition) is 3. The van der Waals surface area contributed by atoms with Crippen LogP contribution in [-0.4, -0.2) is 11.1 Å². The van der Waals surface area contributed by atoms with Gasteiger partial charge in [0.05, 0.1) is 0 Å². The Morgan fingerprint density at radius 2 is 2.26 bits per heavy atom. The molecule has 0 amide bonds. The van der Waals surface area contributed by atoms with Crippen LogP contribution in [0.15, 0.2) is 46.7 Å². The molecule has 2 aromatic rings. The number of halogens is 1. The van der Waals surface area contributed by atoms with Crippen LogP contribution in [-0.2, 0) is 10.5 Å². The Balaban J connectivity index is 2.04. The van der Waals surface area contributed by atoms with Gasteiger partial charge >= 0.3 is 5.97 Å². The molecule has 1 heterocycles. The average Bonchev–Trinajstić information content (AvgIpc) is 2.81. The number of carboxylic acids is 1. The number of benzene rings is 1. The van der Waals surface area contributed by atoms with Gasteiger partial charge in [-0.15, -0.1) is 23.1 Å². The Morgan fingerprint density at radius 1 is 1.42 bits per heavy atom. The van der Waals surface area contributed by atoms with E-state index in [0.717, 1.165) is 32.2 Å². The molecule has 0 radical (unpaired) electrons. The molecule has 0 aliphatic carbocycles. The molecular formula is C14H11ClO2S2. The second-order valence-electron chi connectivity index (χ2n) is 3.72. The highest BCUT2D eigenvalue weighted by atomic mass is 35.5. The molecule has 0 aliphatic heterocycles. The van der Waals surface area contributed by atoms with Crippen molar-refractivity contribution in [3.63, 3.8) is 0 Å². The van der Waals surface area contributed by atoms with Gasteiger partial charge in [-0.1, -0.05) is 17.7 Å². The van der Waals surface area contributed by atoms with Crippen LogP contribution < -0.4 is 0 Å². The van der Waals surface area contributed by atoms with Crippen molar-refractivity contribution in [2.24, 2.45) is 0 Å². The Kier molecular flexibility index (Phi) is 5.07. The van der Waals surface area contributed by atoms with Crippen molar-refractivity contribution in [3.05, 3.63) is 57.3 Å². The lowest BCUT2D eigenvalue weighted by molar-refractivity contribution is -0.131. The monoisotopic (exact) mass is 310 g/mol. The fourth-order valence-corrected chi connectivity index (χ4v) is 3.69. The molecule has 1 N–H and O–H groups in total. The van der Waals surface area contributed by atoms with Crippen molar-refractivity contribution in [2.75, 3.05) is 0 Å². The van der Waals surface area contributed by atoms with E-state index in [4.69, 9.17) is 16.7 Å². The highest BCUT2D eigenvalue weighted by Gasteiger charge is 2.03. The molecular weight excluding hydrogens is 300 g/mol. The summed E-state index contributed by atoms with van der Waals surface area (Å²) in [5.74, 6) is -0.128. The van der Waals surface area contributed by atoms with Gasteiger partial charge in [-0.2, -0.15) is 0 Å². The van der Waals surface area contributed by atoms with Gasteiger partial charge < -0.3 is 5.11 Å². The predicted molar refractivity (Wildman–Crippen MR) is 82.0 cm³/mol. The van der Waals surface area contributed by atoms with Crippen LogP contribution in [0, 0.1) is 0 Å². The number of rotatable bonds is 5. The summed E-state index contributed by atoms with van der Waals surface area (Å²) < 4.78 is 0. The van der Waals surface area contributed by atoms with Crippen molar-refractivity contribution >= 4 is 46.7 Å². The summed E-state index contributed by atoms with van der Waals surface area (Å²) in [7, 11) is 0. The SMILES string of the molecule is O=C(O)C=Cc1ccsc1CSc1cccc(Cl)c1. The zero-order valence-electron chi connectivity index (χ0n) is 9.88. The Bertz CT molecular complexity index is 605. The lowest BCUT2D eigenvalue weighted by Crippen LogP contribution is -1.86. The summed E-state index contributed by atoms with van der Waals surface area (Å²) >= 11 is 9.25. The van der Waals surface area contributed by atoms with E-state index in [0.29, 0.717) is 0 Å². The molecule has 2 nitrogen and oxygen atoms in total. The first-order valence-electron chi connectivity index (χ1n) is 5.51. The highest BCUT2D eigenvalue weighted by molar-refractivity contribution is 7.98. The molecule has 0 saturated carbocycles. The van der Waals surface area contributed by atoms with Crippen LogP contribution in [0.4, 0.5) is 0 Å². The molecule has 0 aliphatic rings. The molecule has 0 atom stereocenters. The molecule has 0 fully saturated rings. The molecule has 0 saturated heterocycles. The van der Waals surface area contributed by atoms with Gasteiger partial charge in [0.25, 0.3) is 0 Å². The summed E-state index contributed by atoms with van der Waals surface area (Å²) in [5, 5.41) is 11.3. The second kappa shape index (κ2) is 6.80. The van der Waals surface area contributed by atoms with E-state index in [9.17, 15) is 4.79 Å². The van der Waals surface area contributed by atoms with Gasteiger partial charge in [0.2, 0.25) is 0 Å². The topological polar surface area (TPSA) is 37.3 Å². The van der Waals surface area contributed by atoms with Crippen molar-refractivity contribution in [1.29, 1.82) is 0 Å². The second-order valence-corrected chi connectivity index (χ2v) is 6.20. The number of thiophene rings is 1. The fraction of sp³-hybridized carbons (Fsp3) is 0.0714. The van der Waals surface area contributed by atoms with Gasteiger partial charge in [-0.05, 0) is 41.3 Å². The molecule has 98 valence electrons. The quantitative estimate of drug-likeness (QED) is 0.637. The zero-order chi connectivity index (χ0) is 13.7. The minimum atomic E-state index is -0.931. The standard InChI is InChI=1S/C14H11ClO2S2/c15-11-2-1-3-12(8-11)19-9-13-10(6-7-18-13)4-5-14(16)17/h1-8H,9H2,(H,16,17). The van der Waals surface area contributed by atoms with Crippen LogP contribution in [0.3, 0.4) is 0 Å². The van der Waals surface area contributed by atoms with E-state index in [2.05, 4.69) is 0 Å². The lowest BCUT2D eigenvalue weighted by atomic mass is 10.2. The number of aliphatic carboxylic acids is 1. The number of hydrogen-bond donors (Lipinski definition) is 1. The van der Waals surface area contributed by atoms with Gasteiger partial charge in [-0.25, -0.2) is 4.79 Å². The number of carbonyl (C=O) groups is 1. The number of thioether (sulfide) groups is 1. The van der Waals surface area contributed by atoms with Crippen LogP contribution in [0.25, 0.3) is 6.08 Å². The smallest absolute Gasteiger partial charge is 0.328 e. The van der Waals surface area contributed by atoms with E-state index >= 15 is 0 Å². The summed E-state index contributed by atoms with van der Waals surface area (Å²) in [6.45, 7) is 0. The minimum Gasteiger partial charge on any atom is -0.478 e.